The van der Waals surface area contributed by atoms with Gasteiger partial charge in [-0.2, -0.15) is 0 Å². The fourth-order valence-corrected chi connectivity index (χ4v) is 2.67. The van der Waals surface area contributed by atoms with Crippen molar-refractivity contribution in [2.24, 2.45) is 0 Å². The zero-order chi connectivity index (χ0) is 15.4. The van der Waals surface area contributed by atoms with Crippen LogP contribution in [-0.2, 0) is 4.79 Å². The number of nitrogens with zero attached hydrogens (tertiary/aromatic N) is 1. The first-order valence-corrected chi connectivity index (χ1v) is 7.50. The number of ether oxygens (including phenoxy) is 1. The second kappa shape index (κ2) is 6.74. The van der Waals surface area contributed by atoms with E-state index in [2.05, 4.69) is 10.3 Å². The van der Waals surface area contributed by atoms with Crippen molar-refractivity contribution in [2.45, 2.75) is 13.8 Å². The number of rotatable bonds is 4. The summed E-state index contributed by atoms with van der Waals surface area (Å²) in [5, 5.41) is 5.69. The van der Waals surface area contributed by atoms with Crippen LogP contribution in [0.4, 0.5) is 5.13 Å². The van der Waals surface area contributed by atoms with Crippen LogP contribution in [0.3, 0.4) is 0 Å². The van der Waals surface area contributed by atoms with E-state index in [0.29, 0.717) is 15.9 Å². The fourth-order valence-electron chi connectivity index (χ4n) is 1.69. The van der Waals surface area contributed by atoms with E-state index in [1.807, 2.05) is 25.3 Å². The van der Waals surface area contributed by atoms with Crippen LogP contribution in [0.25, 0.3) is 11.3 Å². The molecule has 2 aromatic rings. The maximum absolute atomic E-state index is 11.6. The lowest BCUT2D eigenvalue weighted by atomic mass is 10.2. The standard InChI is InChI=1S/C15H15ClN2O2S/c1-9(2)6-14(19)18-15-17-12(8-21-15)10-4-5-13(20-3)11(16)7-10/h4-8H,1-3H3,(H,17,18,19). The number of hydrogen-bond acceptors (Lipinski definition) is 4. The highest BCUT2D eigenvalue weighted by molar-refractivity contribution is 7.14. The minimum atomic E-state index is -0.177. The molecule has 0 bridgehead atoms. The average Bonchev–Trinajstić information content (AvgIpc) is 2.86. The van der Waals surface area contributed by atoms with Gasteiger partial charge >= 0.3 is 0 Å². The lowest BCUT2D eigenvalue weighted by Crippen LogP contribution is -2.07. The van der Waals surface area contributed by atoms with E-state index < -0.39 is 0 Å². The number of halogens is 1. The SMILES string of the molecule is COc1ccc(-c2csc(NC(=O)C=C(C)C)n2)cc1Cl. The van der Waals surface area contributed by atoms with Crippen molar-refractivity contribution in [3.63, 3.8) is 0 Å². The third kappa shape index (κ3) is 4.06. The van der Waals surface area contributed by atoms with Gasteiger partial charge in [0.1, 0.15) is 5.75 Å². The van der Waals surface area contributed by atoms with Gasteiger partial charge in [-0.3, -0.25) is 10.1 Å². The molecule has 0 atom stereocenters. The number of hydrogen-bond donors (Lipinski definition) is 1. The van der Waals surface area contributed by atoms with Crippen molar-refractivity contribution in [2.75, 3.05) is 12.4 Å². The van der Waals surface area contributed by atoms with E-state index in [1.54, 1.807) is 19.2 Å². The van der Waals surface area contributed by atoms with Gasteiger partial charge < -0.3 is 4.74 Å². The number of thiazole rings is 1. The molecule has 110 valence electrons. The molecule has 1 N–H and O–H groups in total. The Bertz CT molecular complexity index is 691. The highest BCUT2D eigenvalue weighted by Crippen LogP contribution is 2.31. The number of amides is 1. The van der Waals surface area contributed by atoms with Gasteiger partial charge in [-0.05, 0) is 32.0 Å². The number of aromatic nitrogens is 1. The Hall–Kier alpha value is -1.85. The zero-order valence-electron chi connectivity index (χ0n) is 11.9. The summed E-state index contributed by atoms with van der Waals surface area (Å²) in [7, 11) is 1.57. The number of carbonyl (C=O) groups is 1. The van der Waals surface area contributed by atoms with Gasteiger partial charge in [-0.1, -0.05) is 17.2 Å². The second-order valence-corrected chi connectivity index (χ2v) is 5.86. The fraction of sp³-hybridized carbons (Fsp3) is 0.200. The van der Waals surface area contributed by atoms with Crippen LogP contribution < -0.4 is 10.1 Å². The van der Waals surface area contributed by atoms with Gasteiger partial charge in [-0.25, -0.2) is 4.98 Å². The van der Waals surface area contributed by atoms with Gasteiger partial charge in [0.2, 0.25) is 5.91 Å². The Balaban J connectivity index is 2.18. The molecule has 0 aliphatic heterocycles. The van der Waals surface area contributed by atoms with Crippen molar-refractivity contribution >= 4 is 34.0 Å². The molecule has 21 heavy (non-hydrogen) atoms. The molecule has 0 aliphatic rings. The first kappa shape index (κ1) is 15.5. The third-order valence-electron chi connectivity index (χ3n) is 2.60. The smallest absolute Gasteiger partial charge is 0.250 e. The van der Waals surface area contributed by atoms with Gasteiger partial charge in [0.05, 0.1) is 17.8 Å². The van der Waals surface area contributed by atoms with Crippen LogP contribution in [0.5, 0.6) is 5.75 Å². The molecule has 0 saturated carbocycles. The minimum absolute atomic E-state index is 0.177. The summed E-state index contributed by atoms with van der Waals surface area (Å²) in [6.07, 6.45) is 1.53. The molecule has 0 fully saturated rings. The largest absolute Gasteiger partial charge is 0.495 e. The van der Waals surface area contributed by atoms with E-state index >= 15 is 0 Å². The lowest BCUT2D eigenvalue weighted by Gasteiger charge is -2.04. The molecule has 1 aromatic carbocycles. The predicted molar refractivity (Wildman–Crippen MR) is 87.2 cm³/mol. The summed E-state index contributed by atoms with van der Waals surface area (Å²) < 4.78 is 5.12. The number of benzene rings is 1. The molecule has 1 amide bonds. The number of anilines is 1. The average molecular weight is 323 g/mol. The topological polar surface area (TPSA) is 51.2 Å². The lowest BCUT2D eigenvalue weighted by molar-refractivity contribution is -0.111. The molecule has 0 aliphatic carbocycles. The summed E-state index contributed by atoms with van der Waals surface area (Å²) in [6, 6.07) is 5.46. The number of carbonyl (C=O) groups excluding carboxylic acids is 1. The Kier molecular flexibility index (Phi) is 4.98. The molecular formula is C15H15ClN2O2S. The predicted octanol–water partition coefficient (Wildman–Crippen LogP) is 4.38. The molecule has 4 nitrogen and oxygen atoms in total. The Morgan fingerprint density at radius 1 is 1.43 bits per heavy atom. The van der Waals surface area contributed by atoms with Crippen LogP contribution in [0, 0.1) is 0 Å². The summed E-state index contributed by atoms with van der Waals surface area (Å²) in [5.74, 6) is 0.441. The molecule has 0 radical (unpaired) electrons. The zero-order valence-corrected chi connectivity index (χ0v) is 13.5. The second-order valence-electron chi connectivity index (χ2n) is 4.60. The van der Waals surface area contributed by atoms with Gasteiger partial charge in [0.15, 0.2) is 5.13 Å². The van der Waals surface area contributed by atoms with Crippen molar-refractivity contribution in [3.05, 3.63) is 40.3 Å². The molecule has 2 rings (SSSR count). The first-order chi connectivity index (χ1) is 9.99. The van der Waals surface area contributed by atoms with Crippen LogP contribution in [0.1, 0.15) is 13.8 Å². The van der Waals surface area contributed by atoms with E-state index in [1.165, 1.54) is 17.4 Å². The molecular weight excluding hydrogens is 308 g/mol. The number of methoxy groups -OCH3 is 1. The van der Waals surface area contributed by atoms with Crippen LogP contribution in [-0.4, -0.2) is 18.0 Å². The Labute approximate surface area is 132 Å². The molecule has 0 unspecified atom stereocenters. The summed E-state index contributed by atoms with van der Waals surface area (Å²) >= 11 is 7.47. The highest BCUT2D eigenvalue weighted by Gasteiger charge is 2.09. The van der Waals surface area contributed by atoms with Crippen molar-refractivity contribution < 1.29 is 9.53 Å². The molecule has 0 spiro atoms. The molecule has 1 aromatic heterocycles. The highest BCUT2D eigenvalue weighted by atomic mass is 35.5. The molecule has 0 saturated heterocycles. The van der Waals surface area contributed by atoms with E-state index in [0.717, 1.165) is 16.8 Å². The number of nitrogens with one attached hydrogen (secondary N) is 1. The minimum Gasteiger partial charge on any atom is -0.495 e. The van der Waals surface area contributed by atoms with Crippen LogP contribution >= 0.6 is 22.9 Å². The van der Waals surface area contributed by atoms with E-state index in [-0.39, 0.29) is 5.91 Å². The van der Waals surface area contributed by atoms with E-state index in [9.17, 15) is 4.79 Å². The van der Waals surface area contributed by atoms with Crippen molar-refractivity contribution in [1.82, 2.24) is 4.98 Å². The Morgan fingerprint density at radius 2 is 2.19 bits per heavy atom. The maximum atomic E-state index is 11.6. The van der Waals surface area contributed by atoms with Crippen LogP contribution in [0.15, 0.2) is 35.2 Å². The molecule has 6 heteroatoms. The summed E-state index contributed by atoms with van der Waals surface area (Å²) in [5.41, 5.74) is 2.57. The maximum Gasteiger partial charge on any atom is 0.250 e. The first-order valence-electron chi connectivity index (χ1n) is 6.25. The van der Waals surface area contributed by atoms with Gasteiger partial charge in [-0.15, -0.1) is 11.3 Å². The Morgan fingerprint density at radius 3 is 2.81 bits per heavy atom. The molecule has 1 heterocycles. The van der Waals surface area contributed by atoms with Gasteiger partial charge in [0, 0.05) is 17.0 Å². The quantitative estimate of drug-likeness (QED) is 0.850. The normalized spacial score (nSPS) is 10.1. The van der Waals surface area contributed by atoms with E-state index in [4.69, 9.17) is 16.3 Å². The monoisotopic (exact) mass is 322 g/mol. The van der Waals surface area contributed by atoms with Gasteiger partial charge in [0.25, 0.3) is 0 Å². The summed E-state index contributed by atoms with van der Waals surface area (Å²) in [4.78, 5) is 16.0. The van der Waals surface area contributed by atoms with Crippen LogP contribution in [0.2, 0.25) is 5.02 Å². The van der Waals surface area contributed by atoms with Crippen molar-refractivity contribution in [3.8, 4) is 17.0 Å². The number of allylic oxidation sites excluding steroid dienone is 1. The third-order valence-corrected chi connectivity index (χ3v) is 3.65. The van der Waals surface area contributed by atoms with Crippen molar-refractivity contribution in [1.29, 1.82) is 0 Å². The summed E-state index contributed by atoms with van der Waals surface area (Å²) in [6.45, 7) is 3.73.